The molecule has 10 heteroatoms. The van der Waals surface area contributed by atoms with E-state index in [0.29, 0.717) is 18.2 Å². The Kier molecular flexibility index (Phi) is 22.6. The molecule has 0 saturated heterocycles. The van der Waals surface area contributed by atoms with Crippen molar-refractivity contribution in [1.82, 2.24) is 0 Å². The van der Waals surface area contributed by atoms with Crippen LogP contribution in [0.3, 0.4) is 0 Å². The number of hydrogen-bond donors (Lipinski definition) is 1. The number of alkyl halides is 3. The van der Waals surface area contributed by atoms with Crippen LogP contribution in [0.2, 0.25) is 0 Å². The first kappa shape index (κ1) is 39.2. The van der Waals surface area contributed by atoms with E-state index in [2.05, 4.69) is 45.1 Å². The molecule has 0 radical (unpaired) electrons. The summed E-state index contributed by atoms with van der Waals surface area (Å²) in [6.07, 6.45) is 0.878. The maximum absolute atomic E-state index is 12.8. The number of aryl methyl sites for hydroxylation is 1. The van der Waals surface area contributed by atoms with Crippen LogP contribution in [0, 0.1) is 24.8 Å². The molecule has 0 bridgehead atoms. The first-order valence-electron chi connectivity index (χ1n) is 12.5. The smallest absolute Gasteiger partial charge is 0.495 e. The van der Waals surface area contributed by atoms with Gasteiger partial charge in [0.1, 0.15) is 5.75 Å². The van der Waals surface area contributed by atoms with Gasteiger partial charge in [-0.25, -0.2) is 0 Å². The van der Waals surface area contributed by atoms with E-state index in [0.717, 1.165) is 32.1 Å². The summed E-state index contributed by atoms with van der Waals surface area (Å²) in [6, 6.07) is 15.5. The molecule has 0 fully saturated rings. The topological polar surface area (TPSA) is 72.5 Å². The molecule has 1 unspecified atom stereocenters. The van der Waals surface area contributed by atoms with Gasteiger partial charge in [0, 0.05) is 24.6 Å². The van der Waals surface area contributed by atoms with Crippen LogP contribution in [0.15, 0.2) is 47.4 Å². The Morgan fingerprint density at radius 1 is 1.08 bits per heavy atom. The third-order valence-electron chi connectivity index (χ3n) is 5.24. The summed E-state index contributed by atoms with van der Waals surface area (Å²) >= 11 is 0. The van der Waals surface area contributed by atoms with Gasteiger partial charge < -0.3 is 18.5 Å². The summed E-state index contributed by atoms with van der Waals surface area (Å²) in [4.78, 5) is 12.9. The van der Waals surface area contributed by atoms with Gasteiger partial charge in [0.25, 0.3) is 0 Å². The molecule has 0 heterocycles. The molecule has 2 aromatic carbocycles. The average Bonchev–Trinajstić information content (AvgIpc) is 2.81. The number of carbonyl (C=O) groups is 1. The van der Waals surface area contributed by atoms with Gasteiger partial charge in [0.05, 0.1) is 6.61 Å². The Hall–Kier alpha value is -0.914. The average molecular weight is 583 g/mol. The minimum absolute atomic E-state index is 0. The molecule has 0 aliphatic carbocycles. The summed E-state index contributed by atoms with van der Waals surface area (Å²) in [5, 5.41) is 2.95. The van der Waals surface area contributed by atoms with Crippen LogP contribution < -0.4 is 61.4 Å². The van der Waals surface area contributed by atoms with Crippen LogP contribution >= 0.6 is 0 Å². The van der Waals surface area contributed by atoms with Crippen molar-refractivity contribution in [3.63, 3.8) is 0 Å². The first-order valence-corrected chi connectivity index (χ1v) is 13.6. The normalized spacial score (nSPS) is 12.1. The fraction of sp³-hybridized carbons (Fsp3) is 0.536. The number of amides is 1. The number of hydrogen-bond acceptors (Lipinski definition) is 5. The summed E-state index contributed by atoms with van der Waals surface area (Å²) < 4.78 is 59.0. The molecule has 2 atom stereocenters. The molecular formula is C28H40F3KNO4S-. The molecule has 2 rings (SSSR count). The number of nitrogens with one attached hydrogen (secondary N) is 1. The van der Waals surface area contributed by atoms with Crippen LogP contribution in [-0.4, -0.2) is 18.7 Å². The quantitative estimate of drug-likeness (QED) is 0.222. The molecule has 210 valence electrons. The fourth-order valence-electron chi connectivity index (χ4n) is 3.66. The zero-order valence-corrected chi connectivity index (χ0v) is 27.6. The molecule has 38 heavy (non-hydrogen) atoms. The molecular weight excluding hydrogens is 542 g/mol. The van der Waals surface area contributed by atoms with Crippen LogP contribution in [0.25, 0.3) is 0 Å². The second-order valence-electron chi connectivity index (χ2n) is 8.53. The number of rotatable bonds is 11. The van der Waals surface area contributed by atoms with Crippen LogP contribution in [0.5, 0.6) is 5.75 Å². The van der Waals surface area contributed by atoms with Crippen molar-refractivity contribution in [3.8, 4) is 5.75 Å². The third kappa shape index (κ3) is 18.4. The van der Waals surface area contributed by atoms with E-state index in [1.165, 1.54) is 11.6 Å². The van der Waals surface area contributed by atoms with Crippen molar-refractivity contribution in [1.29, 1.82) is 0 Å². The van der Waals surface area contributed by atoms with E-state index in [4.69, 9.17) is 4.74 Å². The van der Waals surface area contributed by atoms with E-state index >= 15 is 0 Å². The monoisotopic (exact) mass is 582 g/mol. The number of benzene rings is 2. The van der Waals surface area contributed by atoms with Crippen LogP contribution in [0.1, 0.15) is 72.3 Å². The van der Waals surface area contributed by atoms with E-state index < -0.39 is 16.9 Å². The minimum Gasteiger partial charge on any atom is -0.495 e. The van der Waals surface area contributed by atoms with Crippen molar-refractivity contribution in [2.24, 2.45) is 11.8 Å². The second kappa shape index (κ2) is 21.9. The van der Waals surface area contributed by atoms with Gasteiger partial charge in [-0.2, -0.15) is 49.1 Å². The summed E-state index contributed by atoms with van der Waals surface area (Å²) in [6.45, 7) is 10.7. The van der Waals surface area contributed by atoms with E-state index in [1.807, 2.05) is 18.2 Å². The Morgan fingerprint density at radius 2 is 1.68 bits per heavy atom. The molecule has 0 aromatic heterocycles. The predicted octanol–water partition coefficient (Wildman–Crippen LogP) is 5.30. The SMILES string of the molecule is CC(F)(F)F.CCCC(CC)[C@H](CCC)C(=O)Nc1ccc([S-](=O)=O)c(OCC)c1.Cc1c[c-]ccc1.[K+]. The Labute approximate surface area is 270 Å². The van der Waals surface area contributed by atoms with E-state index in [-0.39, 0.29) is 80.8 Å². The fourth-order valence-corrected chi connectivity index (χ4v) is 4.12. The maximum atomic E-state index is 12.8. The van der Waals surface area contributed by atoms with Crippen LogP contribution in [0.4, 0.5) is 18.9 Å². The third-order valence-corrected chi connectivity index (χ3v) is 5.94. The summed E-state index contributed by atoms with van der Waals surface area (Å²) in [5.74, 6) is 0.602. The van der Waals surface area contributed by atoms with Crippen molar-refractivity contribution in [3.05, 3.63) is 54.1 Å². The molecule has 1 N–H and O–H groups in total. The zero-order chi connectivity index (χ0) is 28.4. The van der Waals surface area contributed by atoms with Gasteiger partial charge in [-0.3, -0.25) is 4.79 Å². The van der Waals surface area contributed by atoms with Crippen molar-refractivity contribution in [2.75, 3.05) is 11.9 Å². The summed E-state index contributed by atoms with van der Waals surface area (Å²) in [5.41, 5.74) is 1.83. The number of halogens is 3. The zero-order valence-electron chi connectivity index (χ0n) is 23.6. The molecule has 1 amide bonds. The molecule has 5 nitrogen and oxygen atoms in total. The Bertz CT molecular complexity index is 972. The number of ether oxygens (including phenoxy) is 1. The van der Waals surface area contributed by atoms with Gasteiger partial charge in [-0.15, -0.1) is 0 Å². The number of carbonyl (C=O) groups excluding carboxylic acids is 1. The first-order chi connectivity index (χ1) is 17.4. The largest absolute Gasteiger partial charge is 1.00 e. The minimum atomic E-state index is -4.00. The van der Waals surface area contributed by atoms with Gasteiger partial charge in [-0.05, 0) is 47.3 Å². The molecule has 2 aromatic rings. The van der Waals surface area contributed by atoms with Crippen LogP contribution in [-0.2, 0) is 23.9 Å². The van der Waals surface area contributed by atoms with E-state index in [1.54, 1.807) is 19.1 Å². The van der Waals surface area contributed by atoms with Gasteiger partial charge in [0.2, 0.25) is 5.91 Å². The van der Waals surface area contributed by atoms with Crippen molar-refractivity contribution < 1.29 is 82.5 Å². The Morgan fingerprint density at radius 3 is 2.08 bits per heavy atom. The standard InChI is InChI=1S/C19H30NO4S.C7H7.C2H3F3.K/c1-5-9-14(7-3)16(10-6-2)19(21)20-15-11-12-18(25(22)23)17(13-15)24-8-4;1-7-5-3-2-4-6-7;1-2(3,4)5;/h11-14,16H,5-10H2,1-4H3,(H,20,21);2-3,5-6H,1H3;1H3;/q2*-1;;+1/t14?,16-;;;/m0.../s1. The van der Waals surface area contributed by atoms with Gasteiger partial charge >= 0.3 is 57.6 Å². The maximum Gasteiger partial charge on any atom is 1.00 e. The Balaban J connectivity index is 0. The van der Waals surface area contributed by atoms with Crippen molar-refractivity contribution in [2.45, 2.75) is 84.7 Å². The summed E-state index contributed by atoms with van der Waals surface area (Å²) in [7, 11) is -2.37. The van der Waals surface area contributed by atoms with Crippen molar-refractivity contribution >= 4 is 22.3 Å². The van der Waals surface area contributed by atoms with Gasteiger partial charge in [-0.1, -0.05) is 53.0 Å². The predicted molar refractivity (Wildman–Crippen MR) is 142 cm³/mol. The van der Waals surface area contributed by atoms with E-state index in [9.17, 15) is 26.4 Å². The molecule has 0 aliphatic rings. The van der Waals surface area contributed by atoms with Gasteiger partial charge in [0.15, 0.2) is 0 Å². The second-order valence-corrected chi connectivity index (χ2v) is 9.44. The molecule has 0 aliphatic heterocycles. The number of anilines is 1. The molecule has 0 saturated carbocycles. The molecule has 0 spiro atoms.